The number of carbonyl (C=O) groups excluding carboxylic acids is 1. The molecule has 0 aromatic heterocycles. The third-order valence-corrected chi connectivity index (χ3v) is 3.85. The Morgan fingerprint density at radius 1 is 1.18 bits per heavy atom. The molecule has 1 fully saturated rings. The molecule has 6 heteroatoms. The molecule has 6 nitrogen and oxygen atoms in total. The Hall–Kier alpha value is -1.95. The molecule has 0 bridgehead atoms. The molecule has 22 heavy (non-hydrogen) atoms. The van der Waals surface area contributed by atoms with Crippen molar-refractivity contribution < 1.29 is 9.72 Å². The average molecular weight is 305 g/mol. The highest BCUT2D eigenvalue weighted by molar-refractivity contribution is 5.79. The van der Waals surface area contributed by atoms with Crippen LogP contribution in [-0.4, -0.2) is 53.4 Å². The SMILES string of the molecule is CC(C)CN1CCN(C(=O)Cc2ccc([N+](=O)[O-])cc2)CC1. The molecule has 0 aliphatic carbocycles. The molecule has 1 heterocycles. The van der Waals surface area contributed by atoms with E-state index in [1.165, 1.54) is 12.1 Å². The van der Waals surface area contributed by atoms with Crippen LogP contribution in [0, 0.1) is 16.0 Å². The van der Waals surface area contributed by atoms with E-state index in [1.54, 1.807) is 12.1 Å². The number of nitro benzene ring substituents is 1. The molecule has 1 aromatic rings. The first-order valence-electron chi connectivity index (χ1n) is 7.69. The number of benzene rings is 1. The van der Waals surface area contributed by atoms with E-state index in [0.717, 1.165) is 38.3 Å². The molecule has 1 aliphatic heterocycles. The van der Waals surface area contributed by atoms with Crippen molar-refractivity contribution in [2.45, 2.75) is 20.3 Å². The Bertz CT molecular complexity index is 520. The molecule has 2 rings (SSSR count). The number of nitro groups is 1. The lowest BCUT2D eigenvalue weighted by atomic mass is 10.1. The summed E-state index contributed by atoms with van der Waals surface area (Å²) in [6.07, 6.45) is 0.308. The van der Waals surface area contributed by atoms with Crippen molar-refractivity contribution in [1.29, 1.82) is 0 Å². The smallest absolute Gasteiger partial charge is 0.269 e. The van der Waals surface area contributed by atoms with E-state index in [1.807, 2.05) is 4.90 Å². The summed E-state index contributed by atoms with van der Waals surface area (Å²) in [4.78, 5) is 26.7. The van der Waals surface area contributed by atoms with Gasteiger partial charge in [-0.25, -0.2) is 0 Å². The van der Waals surface area contributed by atoms with Crippen molar-refractivity contribution in [3.63, 3.8) is 0 Å². The van der Waals surface area contributed by atoms with E-state index in [2.05, 4.69) is 18.7 Å². The van der Waals surface area contributed by atoms with Gasteiger partial charge in [-0.05, 0) is 11.5 Å². The van der Waals surface area contributed by atoms with Crippen molar-refractivity contribution in [2.24, 2.45) is 5.92 Å². The lowest BCUT2D eigenvalue weighted by molar-refractivity contribution is -0.384. The number of non-ortho nitro benzene ring substituents is 1. The molecule has 120 valence electrons. The lowest BCUT2D eigenvalue weighted by Crippen LogP contribution is -2.49. The second-order valence-corrected chi connectivity index (χ2v) is 6.18. The zero-order valence-electron chi connectivity index (χ0n) is 13.2. The maximum absolute atomic E-state index is 12.3. The molecule has 0 radical (unpaired) electrons. The number of rotatable bonds is 5. The Morgan fingerprint density at radius 2 is 1.77 bits per heavy atom. The highest BCUT2D eigenvalue weighted by Crippen LogP contribution is 2.14. The maximum Gasteiger partial charge on any atom is 0.269 e. The largest absolute Gasteiger partial charge is 0.340 e. The normalized spacial score (nSPS) is 16.0. The van der Waals surface area contributed by atoms with E-state index in [-0.39, 0.29) is 11.6 Å². The minimum absolute atomic E-state index is 0.0542. The van der Waals surface area contributed by atoms with Crippen molar-refractivity contribution in [1.82, 2.24) is 9.80 Å². The molecule has 1 amide bonds. The van der Waals surface area contributed by atoms with Gasteiger partial charge in [-0.1, -0.05) is 26.0 Å². The van der Waals surface area contributed by atoms with E-state index in [0.29, 0.717) is 12.3 Å². The van der Waals surface area contributed by atoms with E-state index >= 15 is 0 Å². The van der Waals surface area contributed by atoms with E-state index in [4.69, 9.17) is 0 Å². The lowest BCUT2D eigenvalue weighted by Gasteiger charge is -2.35. The second kappa shape index (κ2) is 7.35. The maximum atomic E-state index is 12.3. The Balaban J connectivity index is 1.84. The zero-order valence-corrected chi connectivity index (χ0v) is 13.2. The summed E-state index contributed by atoms with van der Waals surface area (Å²) in [5.41, 5.74) is 0.874. The Morgan fingerprint density at radius 3 is 2.27 bits per heavy atom. The third kappa shape index (κ3) is 4.53. The number of carbonyl (C=O) groups is 1. The second-order valence-electron chi connectivity index (χ2n) is 6.18. The molecule has 0 N–H and O–H groups in total. The molecule has 1 aliphatic rings. The number of hydrogen-bond donors (Lipinski definition) is 0. The molecular weight excluding hydrogens is 282 g/mol. The van der Waals surface area contributed by atoms with Gasteiger partial charge >= 0.3 is 0 Å². The Kier molecular flexibility index (Phi) is 5.49. The van der Waals surface area contributed by atoms with Crippen LogP contribution < -0.4 is 0 Å². The van der Waals surface area contributed by atoms with Gasteiger partial charge < -0.3 is 4.90 Å². The predicted molar refractivity (Wildman–Crippen MR) is 84.7 cm³/mol. The fourth-order valence-electron chi connectivity index (χ4n) is 2.72. The first kappa shape index (κ1) is 16.4. The van der Waals surface area contributed by atoms with Crippen LogP contribution in [0.2, 0.25) is 0 Å². The highest BCUT2D eigenvalue weighted by Gasteiger charge is 2.21. The van der Waals surface area contributed by atoms with Crippen molar-refractivity contribution >= 4 is 11.6 Å². The van der Waals surface area contributed by atoms with E-state index < -0.39 is 4.92 Å². The van der Waals surface area contributed by atoms with Crippen LogP contribution in [0.3, 0.4) is 0 Å². The topological polar surface area (TPSA) is 66.7 Å². The zero-order chi connectivity index (χ0) is 16.1. The van der Waals surface area contributed by atoms with Crippen LogP contribution in [-0.2, 0) is 11.2 Å². The van der Waals surface area contributed by atoms with Crippen LogP contribution in [0.15, 0.2) is 24.3 Å². The number of nitrogens with zero attached hydrogens (tertiary/aromatic N) is 3. The number of amides is 1. The standard InChI is InChI=1S/C16H23N3O3/c1-13(2)12-17-7-9-18(10-8-17)16(20)11-14-3-5-15(6-4-14)19(21)22/h3-6,13H,7-12H2,1-2H3. The van der Waals surface area contributed by atoms with Crippen LogP contribution in [0.5, 0.6) is 0 Å². The van der Waals surface area contributed by atoms with E-state index in [9.17, 15) is 14.9 Å². The van der Waals surface area contributed by atoms with Gasteiger partial charge in [0.25, 0.3) is 5.69 Å². The molecule has 1 saturated heterocycles. The van der Waals surface area contributed by atoms with Gasteiger partial charge in [-0.2, -0.15) is 0 Å². The fraction of sp³-hybridized carbons (Fsp3) is 0.562. The van der Waals surface area contributed by atoms with Gasteiger partial charge in [0.15, 0.2) is 0 Å². The van der Waals surface area contributed by atoms with Gasteiger partial charge in [0.2, 0.25) is 5.91 Å². The Labute approximate surface area is 130 Å². The van der Waals surface area contributed by atoms with Crippen molar-refractivity contribution in [3.05, 3.63) is 39.9 Å². The van der Waals surface area contributed by atoms with Crippen LogP contribution in [0.25, 0.3) is 0 Å². The molecule has 0 unspecified atom stereocenters. The summed E-state index contributed by atoms with van der Waals surface area (Å²) in [7, 11) is 0. The summed E-state index contributed by atoms with van der Waals surface area (Å²) in [6, 6.07) is 6.21. The van der Waals surface area contributed by atoms with Crippen LogP contribution in [0.1, 0.15) is 19.4 Å². The molecule has 0 saturated carbocycles. The molecular formula is C16H23N3O3. The van der Waals surface area contributed by atoms with Crippen LogP contribution >= 0.6 is 0 Å². The molecule has 0 atom stereocenters. The summed E-state index contributed by atoms with van der Waals surface area (Å²) in [5.74, 6) is 0.736. The first-order valence-corrected chi connectivity index (χ1v) is 7.69. The summed E-state index contributed by atoms with van der Waals surface area (Å²) in [5, 5.41) is 10.6. The predicted octanol–water partition coefficient (Wildman–Crippen LogP) is 1.94. The fourth-order valence-corrected chi connectivity index (χ4v) is 2.72. The van der Waals surface area contributed by atoms with Gasteiger partial charge in [-0.3, -0.25) is 19.8 Å². The minimum Gasteiger partial charge on any atom is -0.340 e. The van der Waals surface area contributed by atoms with Gasteiger partial charge in [-0.15, -0.1) is 0 Å². The molecule has 1 aromatic carbocycles. The van der Waals surface area contributed by atoms with Crippen LogP contribution in [0.4, 0.5) is 5.69 Å². The monoisotopic (exact) mass is 305 g/mol. The van der Waals surface area contributed by atoms with Gasteiger partial charge in [0, 0.05) is 44.9 Å². The number of piperazine rings is 1. The highest BCUT2D eigenvalue weighted by atomic mass is 16.6. The summed E-state index contributed by atoms with van der Waals surface area (Å²) in [6.45, 7) is 8.84. The quantitative estimate of drug-likeness (QED) is 0.616. The van der Waals surface area contributed by atoms with Crippen molar-refractivity contribution in [3.8, 4) is 0 Å². The first-order chi connectivity index (χ1) is 10.5. The van der Waals surface area contributed by atoms with Gasteiger partial charge in [0.05, 0.1) is 11.3 Å². The summed E-state index contributed by atoms with van der Waals surface area (Å²) < 4.78 is 0. The summed E-state index contributed by atoms with van der Waals surface area (Å²) >= 11 is 0. The molecule has 0 spiro atoms. The van der Waals surface area contributed by atoms with Gasteiger partial charge in [0.1, 0.15) is 0 Å². The van der Waals surface area contributed by atoms with Crippen molar-refractivity contribution in [2.75, 3.05) is 32.7 Å². The number of hydrogen-bond acceptors (Lipinski definition) is 4. The minimum atomic E-state index is -0.431. The third-order valence-electron chi connectivity index (χ3n) is 3.85. The average Bonchev–Trinajstić information content (AvgIpc) is 2.48.